The second-order valence-electron chi connectivity index (χ2n) is 9.22. The van der Waals surface area contributed by atoms with E-state index < -0.39 is 23.4 Å². The van der Waals surface area contributed by atoms with Crippen molar-refractivity contribution in [2.24, 2.45) is 11.3 Å². The number of benzene rings is 2. The van der Waals surface area contributed by atoms with Gasteiger partial charge >= 0.3 is 0 Å². The Balaban J connectivity index is 1.72. The molecular formula is C26H30Cl2FNO3. The maximum Gasteiger partial charge on any atom is 0.226 e. The summed E-state index contributed by atoms with van der Waals surface area (Å²) in [6.45, 7) is 7.16. The quantitative estimate of drug-likeness (QED) is 0.370. The van der Waals surface area contributed by atoms with Gasteiger partial charge in [0.05, 0.1) is 29.2 Å². The third-order valence-electron chi connectivity index (χ3n) is 6.60. The van der Waals surface area contributed by atoms with Crippen LogP contribution in [0.5, 0.6) is 0 Å². The van der Waals surface area contributed by atoms with Crippen LogP contribution in [-0.4, -0.2) is 28.8 Å². The van der Waals surface area contributed by atoms with Crippen LogP contribution in [-0.2, 0) is 4.79 Å². The van der Waals surface area contributed by atoms with Gasteiger partial charge in [-0.1, -0.05) is 48.3 Å². The predicted molar refractivity (Wildman–Crippen MR) is 130 cm³/mol. The number of carbonyl (C=O) groups is 1. The molecule has 1 fully saturated rings. The van der Waals surface area contributed by atoms with Crippen molar-refractivity contribution in [2.45, 2.75) is 51.2 Å². The molecule has 0 spiro atoms. The van der Waals surface area contributed by atoms with Gasteiger partial charge in [0, 0.05) is 5.02 Å². The molecule has 2 aromatic rings. The molecule has 0 aromatic heterocycles. The molecule has 33 heavy (non-hydrogen) atoms. The fourth-order valence-corrected chi connectivity index (χ4v) is 4.93. The van der Waals surface area contributed by atoms with E-state index in [1.807, 2.05) is 6.92 Å². The Morgan fingerprint density at radius 2 is 2.09 bits per heavy atom. The van der Waals surface area contributed by atoms with Crippen LogP contribution in [0.4, 0.5) is 4.39 Å². The average Bonchev–Trinajstić information content (AvgIpc) is 3.54. The van der Waals surface area contributed by atoms with Gasteiger partial charge in [0.1, 0.15) is 5.82 Å². The zero-order chi connectivity index (χ0) is 24.3. The summed E-state index contributed by atoms with van der Waals surface area (Å²) in [6, 6.07) is 9.52. The SMILES string of the molecule is C=CC[C@@](C)(C[C@@H](O)c1cccc(Cl)c1)C(=O)N[C@H](CO)C1C[C@H]1c1cc(Cl)c(F)cc1C. The third kappa shape index (κ3) is 5.96. The van der Waals surface area contributed by atoms with Gasteiger partial charge in [0.15, 0.2) is 0 Å². The van der Waals surface area contributed by atoms with Gasteiger partial charge in [-0.25, -0.2) is 4.39 Å². The van der Waals surface area contributed by atoms with Crippen LogP contribution in [0.25, 0.3) is 0 Å². The molecule has 3 N–H and O–H groups in total. The number of hydrogen-bond donors (Lipinski definition) is 3. The smallest absolute Gasteiger partial charge is 0.226 e. The first kappa shape index (κ1) is 25.7. The number of aliphatic hydroxyl groups excluding tert-OH is 2. The largest absolute Gasteiger partial charge is 0.394 e. The van der Waals surface area contributed by atoms with Crippen LogP contribution in [0.3, 0.4) is 0 Å². The molecule has 0 heterocycles. The lowest BCUT2D eigenvalue weighted by molar-refractivity contribution is -0.133. The lowest BCUT2D eigenvalue weighted by Crippen LogP contribution is -2.47. The predicted octanol–water partition coefficient (Wildman–Crippen LogP) is 5.73. The molecule has 5 atom stereocenters. The minimum Gasteiger partial charge on any atom is -0.394 e. The molecule has 4 nitrogen and oxygen atoms in total. The minimum absolute atomic E-state index is 0.0185. The summed E-state index contributed by atoms with van der Waals surface area (Å²) in [5.74, 6) is -0.615. The van der Waals surface area contributed by atoms with Crippen molar-refractivity contribution in [2.75, 3.05) is 6.61 Å². The van der Waals surface area contributed by atoms with E-state index in [-0.39, 0.29) is 35.8 Å². The zero-order valence-corrected chi connectivity index (χ0v) is 20.3. The number of aryl methyl sites for hydroxylation is 1. The first-order chi connectivity index (χ1) is 15.6. The summed E-state index contributed by atoms with van der Waals surface area (Å²) in [4.78, 5) is 13.3. The van der Waals surface area contributed by atoms with Crippen molar-refractivity contribution in [3.8, 4) is 0 Å². The van der Waals surface area contributed by atoms with Crippen molar-refractivity contribution < 1.29 is 19.4 Å². The number of aliphatic hydroxyl groups is 2. The Hall–Kier alpha value is -1.92. The van der Waals surface area contributed by atoms with Gasteiger partial charge in [0.25, 0.3) is 0 Å². The van der Waals surface area contributed by atoms with Crippen molar-refractivity contribution in [3.05, 3.63) is 81.6 Å². The number of rotatable bonds is 10. The molecular weight excluding hydrogens is 464 g/mol. The van der Waals surface area contributed by atoms with Crippen molar-refractivity contribution >= 4 is 29.1 Å². The summed E-state index contributed by atoms with van der Waals surface area (Å²) < 4.78 is 13.7. The highest BCUT2D eigenvalue weighted by atomic mass is 35.5. The van der Waals surface area contributed by atoms with Crippen molar-refractivity contribution in [1.29, 1.82) is 0 Å². The van der Waals surface area contributed by atoms with Gasteiger partial charge in [0.2, 0.25) is 5.91 Å². The topological polar surface area (TPSA) is 69.6 Å². The molecule has 3 rings (SSSR count). The summed E-state index contributed by atoms with van der Waals surface area (Å²) in [6.07, 6.45) is 2.06. The van der Waals surface area contributed by atoms with Gasteiger partial charge in [-0.15, -0.1) is 6.58 Å². The molecule has 1 aliphatic rings. The highest BCUT2D eigenvalue weighted by Crippen LogP contribution is 2.51. The van der Waals surface area contributed by atoms with E-state index in [1.165, 1.54) is 6.07 Å². The number of carbonyl (C=O) groups excluding carboxylic acids is 1. The summed E-state index contributed by atoms with van der Waals surface area (Å²) in [5.41, 5.74) is 1.43. The number of halogens is 3. The number of amides is 1. The molecule has 2 aromatic carbocycles. The summed E-state index contributed by atoms with van der Waals surface area (Å²) in [5, 5.41) is 24.4. The Labute approximate surface area is 204 Å². The first-order valence-corrected chi connectivity index (χ1v) is 11.8. The van der Waals surface area contributed by atoms with E-state index in [4.69, 9.17) is 23.2 Å². The lowest BCUT2D eigenvalue weighted by atomic mass is 9.78. The van der Waals surface area contributed by atoms with Crippen molar-refractivity contribution in [3.63, 3.8) is 0 Å². The molecule has 0 radical (unpaired) electrons. The van der Waals surface area contributed by atoms with Crippen LogP contribution in [0, 0.1) is 24.1 Å². The lowest BCUT2D eigenvalue weighted by Gasteiger charge is -2.32. The number of nitrogens with one attached hydrogen (secondary N) is 1. The monoisotopic (exact) mass is 493 g/mol. The zero-order valence-electron chi connectivity index (χ0n) is 18.8. The highest BCUT2D eigenvalue weighted by molar-refractivity contribution is 6.31. The van der Waals surface area contributed by atoms with Crippen LogP contribution in [0.2, 0.25) is 10.0 Å². The van der Waals surface area contributed by atoms with E-state index in [1.54, 1.807) is 43.3 Å². The van der Waals surface area contributed by atoms with Crippen LogP contribution >= 0.6 is 23.2 Å². The summed E-state index contributed by atoms with van der Waals surface area (Å²) in [7, 11) is 0. The molecule has 7 heteroatoms. The molecule has 178 valence electrons. The molecule has 0 aliphatic heterocycles. The molecule has 1 amide bonds. The first-order valence-electron chi connectivity index (χ1n) is 11.0. The van der Waals surface area contributed by atoms with E-state index in [0.717, 1.165) is 17.5 Å². The molecule has 1 saturated carbocycles. The second-order valence-corrected chi connectivity index (χ2v) is 10.1. The average molecular weight is 494 g/mol. The molecule has 1 unspecified atom stereocenters. The van der Waals surface area contributed by atoms with E-state index in [2.05, 4.69) is 11.9 Å². The normalized spacial score (nSPS) is 21.1. The fraction of sp³-hybridized carbons (Fsp3) is 0.423. The Bertz CT molecular complexity index is 1030. The van der Waals surface area contributed by atoms with E-state index >= 15 is 0 Å². The second kappa shape index (κ2) is 10.6. The number of hydrogen-bond acceptors (Lipinski definition) is 3. The van der Waals surface area contributed by atoms with Crippen molar-refractivity contribution in [1.82, 2.24) is 5.32 Å². The standard InChI is InChI=1S/C26H30Cl2FNO3/c1-4-8-26(3,13-24(32)16-6-5-7-17(27)10-16)25(33)30-23(14-31)20-11-19(20)18-12-21(28)22(29)9-15(18)2/h4-7,9-10,12,19-20,23-24,31-32H,1,8,11,13-14H2,2-3H3,(H,30,33)/t19-,20?,23+,24+,26-/m0/s1. The van der Waals surface area contributed by atoms with E-state index in [9.17, 15) is 19.4 Å². The Morgan fingerprint density at radius 1 is 1.36 bits per heavy atom. The maximum absolute atomic E-state index is 13.7. The van der Waals surface area contributed by atoms with Gasteiger partial charge in [-0.2, -0.15) is 0 Å². The molecule has 1 aliphatic carbocycles. The van der Waals surface area contributed by atoms with Crippen LogP contribution < -0.4 is 5.32 Å². The van der Waals surface area contributed by atoms with E-state index in [0.29, 0.717) is 17.0 Å². The van der Waals surface area contributed by atoms with Crippen LogP contribution in [0.15, 0.2) is 49.1 Å². The maximum atomic E-state index is 13.7. The summed E-state index contributed by atoms with van der Waals surface area (Å²) >= 11 is 12.0. The minimum atomic E-state index is -0.934. The van der Waals surface area contributed by atoms with Gasteiger partial charge in [-0.05, 0) is 79.0 Å². The molecule has 0 saturated heterocycles. The Kier molecular flexibility index (Phi) is 8.22. The third-order valence-corrected chi connectivity index (χ3v) is 7.12. The Morgan fingerprint density at radius 3 is 2.73 bits per heavy atom. The van der Waals surface area contributed by atoms with Crippen LogP contribution in [0.1, 0.15) is 54.9 Å². The van der Waals surface area contributed by atoms with Gasteiger partial charge in [-0.3, -0.25) is 4.79 Å². The number of allylic oxidation sites excluding steroid dienone is 1. The molecule has 0 bridgehead atoms. The van der Waals surface area contributed by atoms with Gasteiger partial charge < -0.3 is 15.5 Å². The fourth-order valence-electron chi connectivity index (χ4n) is 4.55. The highest BCUT2D eigenvalue weighted by Gasteiger charge is 2.46.